The highest BCUT2D eigenvalue weighted by atomic mass is 127. The van der Waals surface area contributed by atoms with Crippen LogP contribution in [0.25, 0.3) is 0 Å². The summed E-state index contributed by atoms with van der Waals surface area (Å²) in [7, 11) is 0. The number of rotatable bonds is 3. The highest BCUT2D eigenvalue weighted by Crippen LogP contribution is 2.48. The van der Waals surface area contributed by atoms with Gasteiger partial charge in [0, 0.05) is 16.1 Å². The predicted molar refractivity (Wildman–Crippen MR) is 57.7 cm³/mol. The molecule has 1 unspecified atom stereocenters. The first-order valence-electron chi connectivity index (χ1n) is 4.45. The Bertz CT molecular complexity index is 381. The summed E-state index contributed by atoms with van der Waals surface area (Å²) in [4.78, 5) is 0. The van der Waals surface area contributed by atoms with Crippen molar-refractivity contribution in [2.24, 2.45) is 5.92 Å². The van der Waals surface area contributed by atoms with Gasteiger partial charge in [0.05, 0.1) is 12.5 Å². The monoisotopic (exact) mass is 328 g/mol. The Labute approximate surface area is 98.8 Å². The number of hydrogen-bond donors (Lipinski definition) is 0. The van der Waals surface area contributed by atoms with Gasteiger partial charge in [-0.25, -0.2) is 13.2 Å². The van der Waals surface area contributed by atoms with Gasteiger partial charge in [-0.05, 0) is 34.7 Å². The number of benzene rings is 1. The molecule has 1 aromatic carbocycles. The lowest BCUT2D eigenvalue weighted by molar-refractivity contribution is 0.0856. The minimum atomic E-state index is -2.58. The van der Waals surface area contributed by atoms with Crippen molar-refractivity contribution in [2.45, 2.75) is 12.3 Å². The van der Waals surface area contributed by atoms with E-state index in [9.17, 15) is 13.2 Å². The molecule has 0 aliphatic heterocycles. The van der Waals surface area contributed by atoms with E-state index in [-0.39, 0.29) is 13.0 Å². The first kappa shape index (κ1) is 11.0. The van der Waals surface area contributed by atoms with E-state index in [0.717, 1.165) is 0 Å². The topological polar surface area (TPSA) is 9.23 Å². The molecule has 1 atom stereocenters. The van der Waals surface area contributed by atoms with Crippen molar-refractivity contribution in [1.82, 2.24) is 0 Å². The molecular formula is C10H8F3IO. The molecule has 15 heavy (non-hydrogen) atoms. The zero-order chi connectivity index (χ0) is 11.1. The smallest absolute Gasteiger partial charge is 0.255 e. The second-order valence-corrected chi connectivity index (χ2v) is 4.71. The fourth-order valence-electron chi connectivity index (χ4n) is 1.21. The molecular weight excluding hydrogens is 320 g/mol. The Morgan fingerprint density at radius 1 is 1.47 bits per heavy atom. The van der Waals surface area contributed by atoms with Crippen LogP contribution >= 0.6 is 22.6 Å². The lowest BCUT2D eigenvalue weighted by Gasteiger charge is -2.05. The quantitative estimate of drug-likeness (QED) is 0.772. The predicted octanol–water partition coefficient (Wildman–Crippen LogP) is 3.46. The van der Waals surface area contributed by atoms with Gasteiger partial charge in [0.15, 0.2) is 0 Å². The van der Waals surface area contributed by atoms with Gasteiger partial charge in [-0.3, -0.25) is 0 Å². The first-order valence-corrected chi connectivity index (χ1v) is 5.52. The maximum absolute atomic E-state index is 13.0. The van der Waals surface area contributed by atoms with Crippen molar-refractivity contribution in [3.63, 3.8) is 0 Å². The molecule has 0 amide bonds. The van der Waals surface area contributed by atoms with Crippen molar-refractivity contribution < 1.29 is 17.9 Å². The van der Waals surface area contributed by atoms with Crippen LogP contribution in [0.2, 0.25) is 0 Å². The molecule has 0 heterocycles. The Morgan fingerprint density at radius 3 is 2.67 bits per heavy atom. The Morgan fingerprint density at radius 2 is 2.13 bits per heavy atom. The zero-order valence-electron chi connectivity index (χ0n) is 7.64. The molecule has 0 N–H and O–H groups in total. The third-order valence-corrected chi connectivity index (χ3v) is 3.17. The standard InChI is InChI=1S/C10H8F3IO/c11-8-3-7(1-2-9(8)14)15-5-6-4-10(6,12)13/h1-3,6H,4-5H2. The fraction of sp³-hybridized carbons (Fsp3) is 0.400. The first-order chi connectivity index (χ1) is 6.99. The maximum Gasteiger partial charge on any atom is 0.255 e. The summed E-state index contributed by atoms with van der Waals surface area (Å²) >= 11 is 1.85. The number of ether oxygens (including phenoxy) is 1. The summed E-state index contributed by atoms with van der Waals surface area (Å²) in [5, 5.41) is 0. The minimum Gasteiger partial charge on any atom is -0.493 e. The van der Waals surface area contributed by atoms with E-state index in [1.54, 1.807) is 12.1 Å². The third kappa shape index (κ3) is 2.56. The normalized spacial score (nSPS) is 22.5. The molecule has 1 nitrogen and oxygen atoms in total. The SMILES string of the molecule is Fc1cc(OCC2CC2(F)F)ccc1I. The second kappa shape index (κ2) is 3.84. The van der Waals surface area contributed by atoms with Crippen LogP contribution in [0.15, 0.2) is 18.2 Å². The van der Waals surface area contributed by atoms with Gasteiger partial charge < -0.3 is 4.74 Å². The van der Waals surface area contributed by atoms with Crippen LogP contribution in [0.3, 0.4) is 0 Å². The Balaban J connectivity index is 1.92. The van der Waals surface area contributed by atoms with Gasteiger partial charge >= 0.3 is 0 Å². The highest BCUT2D eigenvalue weighted by Gasteiger charge is 2.57. The van der Waals surface area contributed by atoms with Crippen molar-refractivity contribution in [3.05, 3.63) is 27.6 Å². The lowest BCUT2D eigenvalue weighted by atomic mass is 10.3. The van der Waals surface area contributed by atoms with E-state index in [1.165, 1.54) is 6.07 Å². The summed E-state index contributed by atoms with van der Waals surface area (Å²) in [5.41, 5.74) is 0. The summed E-state index contributed by atoms with van der Waals surface area (Å²) in [6.45, 7) is -0.0486. The van der Waals surface area contributed by atoms with E-state index in [4.69, 9.17) is 4.74 Å². The van der Waals surface area contributed by atoms with Crippen LogP contribution < -0.4 is 4.74 Å². The molecule has 1 aromatic rings. The molecule has 5 heteroatoms. The number of alkyl halides is 2. The maximum atomic E-state index is 13.0. The third-order valence-electron chi connectivity index (χ3n) is 2.30. The molecule has 0 aromatic heterocycles. The summed E-state index contributed by atoms with van der Waals surface area (Å²) in [6.07, 6.45) is -0.125. The second-order valence-electron chi connectivity index (χ2n) is 3.55. The molecule has 0 bridgehead atoms. The Kier molecular flexibility index (Phi) is 2.83. The molecule has 0 saturated heterocycles. The van der Waals surface area contributed by atoms with Gasteiger partial charge in [0.25, 0.3) is 5.92 Å². The van der Waals surface area contributed by atoms with Crippen molar-refractivity contribution >= 4 is 22.6 Å². The average molecular weight is 328 g/mol. The van der Waals surface area contributed by atoms with Crippen LogP contribution in [0.1, 0.15) is 6.42 Å². The van der Waals surface area contributed by atoms with Crippen molar-refractivity contribution in [3.8, 4) is 5.75 Å². The largest absolute Gasteiger partial charge is 0.493 e. The summed E-state index contributed by atoms with van der Waals surface area (Å²) < 4.78 is 43.6. The average Bonchev–Trinajstić information content (AvgIpc) is 2.77. The zero-order valence-corrected chi connectivity index (χ0v) is 9.80. The fourth-order valence-corrected chi connectivity index (χ4v) is 1.55. The number of halogens is 4. The van der Waals surface area contributed by atoms with E-state index in [0.29, 0.717) is 9.32 Å². The van der Waals surface area contributed by atoms with Crippen LogP contribution in [0.5, 0.6) is 5.75 Å². The molecule has 1 aliphatic carbocycles. The summed E-state index contributed by atoms with van der Waals surface area (Å²) in [5.74, 6) is -3.38. The van der Waals surface area contributed by atoms with E-state index < -0.39 is 17.7 Å². The van der Waals surface area contributed by atoms with E-state index >= 15 is 0 Å². The molecule has 1 saturated carbocycles. The molecule has 0 spiro atoms. The van der Waals surface area contributed by atoms with Crippen molar-refractivity contribution in [2.75, 3.05) is 6.61 Å². The minimum absolute atomic E-state index is 0.0486. The van der Waals surface area contributed by atoms with Crippen LogP contribution in [-0.4, -0.2) is 12.5 Å². The summed E-state index contributed by atoms with van der Waals surface area (Å²) in [6, 6.07) is 4.34. The van der Waals surface area contributed by atoms with E-state index in [1.807, 2.05) is 22.6 Å². The molecule has 2 rings (SSSR count). The van der Waals surface area contributed by atoms with Crippen LogP contribution in [-0.2, 0) is 0 Å². The lowest BCUT2D eigenvalue weighted by Crippen LogP contribution is -2.05. The van der Waals surface area contributed by atoms with Crippen LogP contribution in [0, 0.1) is 15.3 Å². The van der Waals surface area contributed by atoms with Gasteiger partial charge in [0.2, 0.25) is 0 Å². The highest BCUT2D eigenvalue weighted by molar-refractivity contribution is 14.1. The molecule has 82 valence electrons. The van der Waals surface area contributed by atoms with Crippen molar-refractivity contribution in [1.29, 1.82) is 0 Å². The van der Waals surface area contributed by atoms with Gasteiger partial charge in [-0.15, -0.1) is 0 Å². The van der Waals surface area contributed by atoms with E-state index in [2.05, 4.69) is 0 Å². The van der Waals surface area contributed by atoms with Gasteiger partial charge in [-0.1, -0.05) is 0 Å². The van der Waals surface area contributed by atoms with Gasteiger partial charge in [0.1, 0.15) is 11.6 Å². The van der Waals surface area contributed by atoms with Crippen LogP contribution in [0.4, 0.5) is 13.2 Å². The molecule has 1 aliphatic rings. The Hall–Kier alpha value is -0.460. The molecule has 0 radical (unpaired) electrons. The number of hydrogen-bond acceptors (Lipinski definition) is 1. The molecule has 1 fully saturated rings. The van der Waals surface area contributed by atoms with Gasteiger partial charge in [-0.2, -0.15) is 0 Å².